The maximum absolute atomic E-state index is 10.4. The highest BCUT2D eigenvalue weighted by atomic mass is 16.6. The summed E-state index contributed by atoms with van der Waals surface area (Å²) in [6.07, 6.45) is 4.05. The third-order valence-corrected chi connectivity index (χ3v) is 4.90. The van der Waals surface area contributed by atoms with Crippen LogP contribution in [-0.4, -0.2) is 54.1 Å². The van der Waals surface area contributed by atoms with Gasteiger partial charge >= 0.3 is 6.01 Å². The van der Waals surface area contributed by atoms with Gasteiger partial charge in [0.1, 0.15) is 18.3 Å². The summed E-state index contributed by atoms with van der Waals surface area (Å²) in [5.74, 6) is 0.171. The summed E-state index contributed by atoms with van der Waals surface area (Å²) in [4.78, 5) is 15.9. The number of aliphatic hydroxyl groups is 2. The average molecular weight is 372 g/mol. The average Bonchev–Trinajstić information content (AvgIpc) is 3.36. The zero-order valence-electron chi connectivity index (χ0n) is 14.5. The minimum atomic E-state index is -1.22. The van der Waals surface area contributed by atoms with Crippen LogP contribution < -0.4 is 10.5 Å². The molecule has 10 nitrogen and oxygen atoms in total. The molecule has 4 N–H and O–H groups in total. The number of nitrogen functional groups attached to an aromatic ring is 1. The molecule has 2 aliphatic rings. The number of ether oxygens (including phenoxy) is 2. The summed E-state index contributed by atoms with van der Waals surface area (Å²) in [5.41, 5.74) is 6.70. The molecule has 1 saturated heterocycles. The number of anilines is 1. The first-order chi connectivity index (χ1) is 13.1. The van der Waals surface area contributed by atoms with Gasteiger partial charge in [-0.2, -0.15) is 9.97 Å². The van der Waals surface area contributed by atoms with Crippen LogP contribution in [0.3, 0.4) is 0 Å². The van der Waals surface area contributed by atoms with Crippen molar-refractivity contribution < 1.29 is 19.7 Å². The van der Waals surface area contributed by atoms with Crippen LogP contribution in [0.4, 0.5) is 5.82 Å². The van der Waals surface area contributed by atoms with Gasteiger partial charge in [-0.05, 0) is 25.7 Å². The van der Waals surface area contributed by atoms with E-state index in [1.807, 2.05) is 0 Å². The van der Waals surface area contributed by atoms with Gasteiger partial charge in [0.05, 0.1) is 19.0 Å². The Morgan fingerprint density at radius 1 is 1.30 bits per heavy atom. The van der Waals surface area contributed by atoms with Crippen LogP contribution >= 0.6 is 0 Å². The van der Waals surface area contributed by atoms with Gasteiger partial charge in [0, 0.05) is 0 Å². The van der Waals surface area contributed by atoms with E-state index in [1.165, 1.54) is 23.2 Å². The second-order valence-electron chi connectivity index (χ2n) is 6.68. The number of hydrogen-bond donors (Lipinski definition) is 3. The highest BCUT2D eigenvalue weighted by Gasteiger charge is 2.43. The standard InChI is InChI=1S/C17H20N6O4/c1-19-7-6-10-12(24)13(25)16(27-10)23-8-20-11-14(18)21-17(22-15(11)23)26-9-4-2-3-5-9/h6-10,12-13,16,24-25H,2-5H2,(H2,18,21,22)/b7-6+/t10-,12-,13-,16-/m1/s1. The molecule has 10 heteroatoms. The predicted molar refractivity (Wildman–Crippen MR) is 94.3 cm³/mol. The Hall–Kier alpha value is -2.74. The molecule has 3 heterocycles. The minimum Gasteiger partial charge on any atom is -0.460 e. The van der Waals surface area contributed by atoms with Gasteiger partial charge in [0.2, 0.25) is 0 Å². The maximum atomic E-state index is 10.4. The molecule has 1 aliphatic carbocycles. The van der Waals surface area contributed by atoms with E-state index >= 15 is 0 Å². The van der Waals surface area contributed by atoms with E-state index < -0.39 is 24.5 Å². The SMILES string of the molecule is [C-]#[N+]/C=C/[C@H]1O[C@@H](n2cnc3c(N)nc(OC4CCCC4)nc32)[C@H](O)[C@@H]1O. The van der Waals surface area contributed by atoms with E-state index in [4.69, 9.17) is 21.8 Å². The number of nitrogens with two attached hydrogens (primary N) is 1. The molecule has 4 atom stereocenters. The van der Waals surface area contributed by atoms with Crippen LogP contribution in [0.5, 0.6) is 6.01 Å². The summed E-state index contributed by atoms with van der Waals surface area (Å²) < 4.78 is 13.0. The molecule has 27 heavy (non-hydrogen) atoms. The van der Waals surface area contributed by atoms with E-state index in [0.717, 1.165) is 25.7 Å². The van der Waals surface area contributed by atoms with Gasteiger partial charge in [-0.25, -0.2) is 9.83 Å². The molecular weight excluding hydrogens is 352 g/mol. The number of hydrogen-bond acceptors (Lipinski definition) is 8. The molecule has 0 bridgehead atoms. The Morgan fingerprint density at radius 2 is 2.07 bits per heavy atom. The van der Waals surface area contributed by atoms with E-state index in [-0.39, 0.29) is 17.9 Å². The van der Waals surface area contributed by atoms with Crippen LogP contribution in [0.25, 0.3) is 16.0 Å². The molecule has 0 spiro atoms. The first kappa shape index (κ1) is 17.7. The lowest BCUT2D eigenvalue weighted by Crippen LogP contribution is -2.30. The van der Waals surface area contributed by atoms with Crippen LogP contribution in [-0.2, 0) is 4.74 Å². The zero-order chi connectivity index (χ0) is 19.0. The van der Waals surface area contributed by atoms with Gasteiger partial charge in [-0.1, -0.05) is 6.08 Å². The van der Waals surface area contributed by atoms with Crippen molar-refractivity contribution in [2.45, 2.75) is 56.3 Å². The second-order valence-corrected chi connectivity index (χ2v) is 6.68. The molecule has 2 aromatic heterocycles. The van der Waals surface area contributed by atoms with Crippen LogP contribution in [0, 0.1) is 6.57 Å². The summed E-state index contributed by atoms with van der Waals surface area (Å²) in [7, 11) is 0. The Morgan fingerprint density at radius 3 is 2.81 bits per heavy atom. The summed E-state index contributed by atoms with van der Waals surface area (Å²) in [6.45, 7) is 6.80. The second kappa shape index (κ2) is 7.11. The lowest BCUT2D eigenvalue weighted by molar-refractivity contribution is -0.0245. The van der Waals surface area contributed by atoms with Crippen molar-refractivity contribution in [3.8, 4) is 6.01 Å². The number of aliphatic hydroxyl groups excluding tert-OH is 2. The summed E-state index contributed by atoms with van der Waals surface area (Å²) >= 11 is 0. The lowest BCUT2D eigenvalue weighted by atomic mass is 10.1. The number of nitrogens with zero attached hydrogens (tertiary/aromatic N) is 5. The molecule has 1 saturated carbocycles. The third-order valence-electron chi connectivity index (χ3n) is 4.90. The van der Waals surface area contributed by atoms with Crippen molar-refractivity contribution in [1.82, 2.24) is 19.5 Å². The van der Waals surface area contributed by atoms with Crippen molar-refractivity contribution in [1.29, 1.82) is 0 Å². The highest BCUT2D eigenvalue weighted by molar-refractivity contribution is 5.82. The Kier molecular flexibility index (Phi) is 4.65. The number of imidazole rings is 1. The first-order valence-corrected chi connectivity index (χ1v) is 8.80. The maximum Gasteiger partial charge on any atom is 0.320 e. The van der Waals surface area contributed by atoms with Crippen LogP contribution in [0.1, 0.15) is 31.9 Å². The first-order valence-electron chi connectivity index (χ1n) is 8.80. The van der Waals surface area contributed by atoms with Crippen LogP contribution in [0.15, 0.2) is 18.6 Å². The molecule has 142 valence electrons. The molecular formula is C17H20N6O4. The fourth-order valence-electron chi connectivity index (χ4n) is 3.51. The van der Waals surface area contributed by atoms with E-state index in [2.05, 4.69) is 19.8 Å². The topological polar surface area (TPSA) is 133 Å². The van der Waals surface area contributed by atoms with Gasteiger partial charge in [0.25, 0.3) is 0 Å². The van der Waals surface area contributed by atoms with Crippen molar-refractivity contribution in [2.24, 2.45) is 0 Å². The molecule has 1 aliphatic heterocycles. The van der Waals surface area contributed by atoms with Gasteiger partial charge < -0.3 is 25.4 Å². The normalized spacial score (nSPS) is 28.9. The van der Waals surface area contributed by atoms with Crippen LogP contribution in [0.2, 0.25) is 0 Å². The Labute approximate surface area is 155 Å². The van der Waals surface area contributed by atoms with E-state index in [9.17, 15) is 10.2 Å². The van der Waals surface area contributed by atoms with Gasteiger partial charge in [0.15, 0.2) is 29.4 Å². The largest absolute Gasteiger partial charge is 0.460 e. The third kappa shape index (κ3) is 3.21. The van der Waals surface area contributed by atoms with Gasteiger partial charge in [-0.15, -0.1) is 0 Å². The molecule has 0 unspecified atom stereocenters. The van der Waals surface area contributed by atoms with Crippen molar-refractivity contribution in [3.05, 3.63) is 30.0 Å². The van der Waals surface area contributed by atoms with Crippen molar-refractivity contribution in [2.75, 3.05) is 5.73 Å². The Balaban J connectivity index is 1.66. The predicted octanol–water partition coefficient (Wildman–Crippen LogP) is 0.782. The summed E-state index contributed by atoms with van der Waals surface area (Å²) in [5, 5.41) is 20.6. The van der Waals surface area contributed by atoms with Crippen molar-refractivity contribution >= 4 is 17.0 Å². The molecule has 0 radical (unpaired) electrons. The smallest absolute Gasteiger partial charge is 0.320 e. The fraction of sp³-hybridized carbons (Fsp3) is 0.529. The molecule has 4 rings (SSSR count). The zero-order valence-corrected chi connectivity index (χ0v) is 14.5. The lowest BCUT2D eigenvalue weighted by Gasteiger charge is -2.17. The Bertz CT molecular complexity index is 901. The highest BCUT2D eigenvalue weighted by Crippen LogP contribution is 2.33. The number of rotatable bonds is 4. The van der Waals surface area contributed by atoms with Crippen molar-refractivity contribution in [3.63, 3.8) is 0 Å². The monoisotopic (exact) mass is 372 g/mol. The fourth-order valence-corrected chi connectivity index (χ4v) is 3.51. The molecule has 0 amide bonds. The molecule has 0 aromatic carbocycles. The quantitative estimate of drug-likeness (QED) is 0.671. The van der Waals surface area contributed by atoms with E-state index in [1.54, 1.807) is 0 Å². The molecule has 2 fully saturated rings. The summed E-state index contributed by atoms with van der Waals surface area (Å²) in [6, 6.07) is 0.158. The van der Waals surface area contributed by atoms with E-state index in [0.29, 0.717) is 11.2 Å². The molecule has 2 aromatic rings. The van der Waals surface area contributed by atoms with Gasteiger partial charge in [-0.3, -0.25) is 4.57 Å². The number of aromatic nitrogens is 4. The minimum absolute atomic E-state index is 0.0662. The number of fused-ring (bicyclic) bond motifs is 1.